The molecule has 2 aromatic rings. The number of nitrogen functional groups attached to an aromatic ring is 1. The van der Waals surface area contributed by atoms with Gasteiger partial charge >= 0.3 is 0 Å². The smallest absolute Gasteiger partial charge is 0.216 e. The molecule has 0 saturated carbocycles. The fraction of sp³-hybridized carbons (Fsp3) is 0.231. The lowest BCUT2D eigenvalue weighted by Gasteiger charge is -2.07. The fourth-order valence-electron chi connectivity index (χ4n) is 1.64. The van der Waals surface area contributed by atoms with Crippen molar-refractivity contribution in [2.45, 2.75) is 19.2 Å². The van der Waals surface area contributed by atoms with E-state index in [1.165, 1.54) is 0 Å². The molecule has 6 heteroatoms. The molecule has 0 unspecified atom stereocenters. The predicted octanol–water partition coefficient (Wildman–Crippen LogP) is 2.26. The van der Waals surface area contributed by atoms with Crippen LogP contribution in [0.5, 0.6) is 0 Å². The molecule has 0 spiro atoms. The second-order valence-electron chi connectivity index (χ2n) is 4.40. The monoisotopic (exact) mass is 296 g/mol. The first-order valence-electron chi connectivity index (χ1n) is 5.80. The van der Waals surface area contributed by atoms with Gasteiger partial charge in [0, 0.05) is 12.2 Å². The van der Waals surface area contributed by atoms with Crippen molar-refractivity contribution >= 4 is 27.0 Å². The van der Waals surface area contributed by atoms with Crippen molar-refractivity contribution in [1.29, 1.82) is 0 Å². The third-order valence-corrected chi connectivity index (χ3v) is 4.99. The molecule has 0 saturated heterocycles. The van der Waals surface area contributed by atoms with Crippen molar-refractivity contribution in [3.63, 3.8) is 0 Å². The molecule has 3 N–H and O–H groups in total. The SMILES string of the molecule is Cc1cscc1CNS(=O)(=O)Cc1ccc(N)cc1. The Hall–Kier alpha value is -1.37. The van der Waals surface area contributed by atoms with E-state index in [-0.39, 0.29) is 5.75 Å². The highest BCUT2D eigenvalue weighted by Gasteiger charge is 2.12. The summed E-state index contributed by atoms with van der Waals surface area (Å²) in [4.78, 5) is 0. The normalized spacial score (nSPS) is 11.6. The lowest BCUT2D eigenvalue weighted by molar-refractivity contribution is 0.580. The predicted molar refractivity (Wildman–Crippen MR) is 79.4 cm³/mol. The van der Waals surface area contributed by atoms with Crippen molar-refractivity contribution < 1.29 is 8.42 Å². The summed E-state index contributed by atoms with van der Waals surface area (Å²) in [6.07, 6.45) is 0. The van der Waals surface area contributed by atoms with Gasteiger partial charge in [-0.15, -0.1) is 0 Å². The second-order valence-corrected chi connectivity index (χ2v) is 6.95. The number of anilines is 1. The molecular weight excluding hydrogens is 280 g/mol. The zero-order valence-corrected chi connectivity index (χ0v) is 12.2. The lowest BCUT2D eigenvalue weighted by Crippen LogP contribution is -2.24. The molecule has 0 aliphatic carbocycles. The summed E-state index contributed by atoms with van der Waals surface area (Å²) in [6.45, 7) is 2.31. The Morgan fingerprint density at radius 1 is 1.21 bits per heavy atom. The standard InChI is InChI=1S/C13H16N2O2S2/c1-10-7-18-8-12(10)6-15-19(16,17)9-11-2-4-13(14)5-3-11/h2-5,7-8,15H,6,9,14H2,1H3. The van der Waals surface area contributed by atoms with Crippen LogP contribution in [0.15, 0.2) is 35.0 Å². The number of nitrogens with two attached hydrogens (primary N) is 1. The molecule has 1 aromatic carbocycles. The third-order valence-electron chi connectivity index (χ3n) is 2.78. The first-order valence-corrected chi connectivity index (χ1v) is 8.39. The zero-order chi connectivity index (χ0) is 13.9. The minimum absolute atomic E-state index is 0.0313. The molecule has 1 heterocycles. The van der Waals surface area contributed by atoms with E-state index < -0.39 is 10.0 Å². The molecule has 1 aromatic heterocycles. The van der Waals surface area contributed by atoms with Crippen molar-refractivity contribution in [2.24, 2.45) is 0 Å². The Balaban J connectivity index is 1.99. The van der Waals surface area contributed by atoms with E-state index in [4.69, 9.17) is 5.73 Å². The summed E-state index contributed by atoms with van der Waals surface area (Å²) in [5.74, 6) is -0.0313. The number of benzene rings is 1. The number of sulfonamides is 1. The van der Waals surface area contributed by atoms with Gasteiger partial charge in [-0.1, -0.05) is 12.1 Å². The number of rotatable bonds is 5. The van der Waals surface area contributed by atoms with Crippen LogP contribution < -0.4 is 10.5 Å². The highest BCUT2D eigenvalue weighted by molar-refractivity contribution is 7.88. The number of hydrogen-bond donors (Lipinski definition) is 2. The van der Waals surface area contributed by atoms with Gasteiger partial charge in [0.2, 0.25) is 10.0 Å². The van der Waals surface area contributed by atoms with Crippen molar-refractivity contribution in [2.75, 3.05) is 5.73 Å². The largest absolute Gasteiger partial charge is 0.399 e. The number of hydrogen-bond acceptors (Lipinski definition) is 4. The van der Waals surface area contributed by atoms with Gasteiger partial charge in [0.1, 0.15) is 0 Å². The van der Waals surface area contributed by atoms with Crippen LogP contribution in [0.1, 0.15) is 16.7 Å². The van der Waals surface area contributed by atoms with E-state index in [1.807, 2.05) is 17.7 Å². The van der Waals surface area contributed by atoms with E-state index in [0.717, 1.165) is 16.7 Å². The quantitative estimate of drug-likeness (QED) is 0.831. The molecule has 0 aliphatic heterocycles. The van der Waals surface area contributed by atoms with Gasteiger partial charge < -0.3 is 5.73 Å². The molecule has 0 radical (unpaired) electrons. The minimum Gasteiger partial charge on any atom is -0.399 e. The Kier molecular flexibility index (Phi) is 4.24. The van der Waals surface area contributed by atoms with Gasteiger partial charge in [-0.3, -0.25) is 0 Å². The molecule has 4 nitrogen and oxygen atoms in total. The van der Waals surface area contributed by atoms with E-state index in [0.29, 0.717) is 12.2 Å². The van der Waals surface area contributed by atoms with Crippen molar-refractivity contribution in [3.05, 3.63) is 51.7 Å². The van der Waals surface area contributed by atoms with Crippen LogP contribution >= 0.6 is 11.3 Å². The Bertz CT molecular complexity index is 646. The lowest BCUT2D eigenvalue weighted by atomic mass is 10.2. The maximum absolute atomic E-state index is 12.0. The molecule has 0 amide bonds. The highest BCUT2D eigenvalue weighted by Crippen LogP contribution is 2.14. The van der Waals surface area contributed by atoms with Crippen LogP contribution in [0.4, 0.5) is 5.69 Å². The summed E-state index contributed by atoms with van der Waals surface area (Å²) in [5.41, 5.74) is 9.05. The second kappa shape index (κ2) is 5.73. The van der Waals surface area contributed by atoms with Crippen LogP contribution in [0.3, 0.4) is 0 Å². The van der Waals surface area contributed by atoms with Crippen LogP contribution in [-0.2, 0) is 22.3 Å². The highest BCUT2D eigenvalue weighted by atomic mass is 32.2. The van der Waals surface area contributed by atoms with Gasteiger partial charge in [0.05, 0.1) is 5.75 Å². The molecule has 0 bridgehead atoms. The average Bonchev–Trinajstić information content (AvgIpc) is 2.75. The summed E-state index contributed by atoms with van der Waals surface area (Å²) in [7, 11) is -3.33. The molecule has 0 atom stereocenters. The number of aryl methyl sites for hydroxylation is 1. The van der Waals surface area contributed by atoms with Crippen LogP contribution in [0, 0.1) is 6.92 Å². The molecule has 102 valence electrons. The van der Waals surface area contributed by atoms with E-state index >= 15 is 0 Å². The number of thiophene rings is 1. The van der Waals surface area contributed by atoms with Crippen molar-refractivity contribution in [1.82, 2.24) is 4.72 Å². The summed E-state index contributed by atoms with van der Waals surface area (Å²) < 4.78 is 26.5. The summed E-state index contributed by atoms with van der Waals surface area (Å²) in [5, 5.41) is 3.96. The fourth-order valence-corrected chi connectivity index (χ4v) is 3.61. The first-order chi connectivity index (χ1) is 8.96. The van der Waals surface area contributed by atoms with Gasteiger partial charge in [-0.25, -0.2) is 13.1 Å². The average molecular weight is 296 g/mol. The van der Waals surface area contributed by atoms with E-state index in [9.17, 15) is 8.42 Å². The Labute approximate surface area is 117 Å². The molecule has 19 heavy (non-hydrogen) atoms. The first kappa shape index (κ1) is 14.0. The van der Waals surface area contributed by atoms with Gasteiger partial charge in [0.25, 0.3) is 0 Å². The van der Waals surface area contributed by atoms with E-state index in [1.54, 1.807) is 35.6 Å². The third kappa shape index (κ3) is 4.05. The van der Waals surface area contributed by atoms with E-state index in [2.05, 4.69) is 4.72 Å². The Morgan fingerprint density at radius 2 is 1.89 bits per heavy atom. The van der Waals surface area contributed by atoms with Gasteiger partial charge in [0.15, 0.2) is 0 Å². The molecule has 0 aliphatic rings. The maximum Gasteiger partial charge on any atom is 0.216 e. The Morgan fingerprint density at radius 3 is 2.47 bits per heavy atom. The summed E-state index contributed by atoms with van der Waals surface area (Å²) >= 11 is 1.57. The molecular formula is C13H16N2O2S2. The van der Waals surface area contributed by atoms with Crippen molar-refractivity contribution in [3.8, 4) is 0 Å². The van der Waals surface area contributed by atoms with Crippen LogP contribution in [0.2, 0.25) is 0 Å². The molecule has 2 rings (SSSR count). The summed E-state index contributed by atoms with van der Waals surface area (Å²) in [6, 6.07) is 6.86. The topological polar surface area (TPSA) is 72.2 Å². The molecule has 0 fully saturated rings. The zero-order valence-electron chi connectivity index (χ0n) is 10.6. The van der Waals surface area contributed by atoms with Crippen LogP contribution in [0.25, 0.3) is 0 Å². The maximum atomic E-state index is 12.0. The van der Waals surface area contributed by atoms with Gasteiger partial charge in [-0.05, 0) is 46.5 Å². The van der Waals surface area contributed by atoms with Crippen LogP contribution in [-0.4, -0.2) is 8.42 Å². The minimum atomic E-state index is -3.33. The van der Waals surface area contributed by atoms with Gasteiger partial charge in [-0.2, -0.15) is 11.3 Å². The number of nitrogens with one attached hydrogen (secondary N) is 1.